The summed E-state index contributed by atoms with van der Waals surface area (Å²) in [7, 11) is 1.57. The Hall–Kier alpha value is -3.53. The number of nitrogens with zero attached hydrogens (tertiary/aromatic N) is 4. The maximum Gasteiger partial charge on any atom is 0.356 e. The lowest BCUT2D eigenvalue weighted by Crippen LogP contribution is -2.35. The highest BCUT2D eigenvalue weighted by atomic mass is 16.5. The molecule has 3 heterocycles. The molecule has 30 heavy (non-hydrogen) atoms. The summed E-state index contributed by atoms with van der Waals surface area (Å²) in [6, 6.07) is 5.51. The van der Waals surface area contributed by atoms with Crippen LogP contribution >= 0.6 is 0 Å². The number of aromatic nitrogens is 2. The van der Waals surface area contributed by atoms with E-state index in [1.54, 1.807) is 26.4 Å². The van der Waals surface area contributed by atoms with Crippen LogP contribution in [0.1, 0.15) is 25.2 Å². The van der Waals surface area contributed by atoms with E-state index in [1.807, 2.05) is 23.6 Å². The zero-order chi connectivity index (χ0) is 21.4. The molecule has 158 valence electrons. The summed E-state index contributed by atoms with van der Waals surface area (Å²) in [5, 5.41) is 1.39. The van der Waals surface area contributed by atoms with E-state index in [1.165, 1.54) is 5.01 Å². The van der Waals surface area contributed by atoms with Crippen LogP contribution in [0.2, 0.25) is 0 Å². The Morgan fingerprint density at radius 1 is 1.37 bits per heavy atom. The lowest BCUT2D eigenvalue weighted by molar-refractivity contribution is -0.138. The molecule has 0 aliphatic carbocycles. The Kier molecular flexibility index (Phi) is 5.08. The summed E-state index contributed by atoms with van der Waals surface area (Å²) in [6.07, 6.45) is 1.91. The number of methoxy groups -OCH3 is 1. The van der Waals surface area contributed by atoms with Gasteiger partial charge in [0.25, 0.3) is 0 Å². The fraction of sp³-hybridized carbons (Fsp3) is 0.350. The molecule has 0 saturated heterocycles. The van der Waals surface area contributed by atoms with Crippen LogP contribution in [0.4, 0.5) is 5.69 Å². The van der Waals surface area contributed by atoms with Crippen LogP contribution in [-0.4, -0.2) is 47.8 Å². The van der Waals surface area contributed by atoms with Gasteiger partial charge in [-0.25, -0.2) is 20.6 Å². The van der Waals surface area contributed by atoms with Crippen molar-refractivity contribution in [3.8, 4) is 11.4 Å². The van der Waals surface area contributed by atoms with E-state index in [2.05, 4.69) is 9.98 Å². The largest absolute Gasteiger partial charge is 0.497 e. The maximum atomic E-state index is 12.4. The second kappa shape index (κ2) is 7.71. The van der Waals surface area contributed by atoms with Gasteiger partial charge < -0.3 is 19.9 Å². The molecule has 2 aromatic rings. The van der Waals surface area contributed by atoms with E-state index in [0.717, 1.165) is 11.4 Å². The lowest BCUT2D eigenvalue weighted by Gasteiger charge is -2.23. The molecule has 1 atom stereocenters. The van der Waals surface area contributed by atoms with Crippen molar-refractivity contribution in [3.05, 3.63) is 47.3 Å². The average molecular weight is 412 g/mol. The minimum Gasteiger partial charge on any atom is -0.497 e. The van der Waals surface area contributed by atoms with Gasteiger partial charge in [0.2, 0.25) is 5.90 Å². The van der Waals surface area contributed by atoms with E-state index in [9.17, 15) is 4.79 Å². The molecule has 4 rings (SSSR count). The van der Waals surface area contributed by atoms with Crippen molar-refractivity contribution < 1.29 is 19.0 Å². The lowest BCUT2D eigenvalue weighted by atomic mass is 10.1. The molecule has 10 nitrogen and oxygen atoms in total. The van der Waals surface area contributed by atoms with Gasteiger partial charge in [-0.05, 0) is 26.0 Å². The van der Waals surface area contributed by atoms with Gasteiger partial charge in [-0.1, -0.05) is 0 Å². The smallest absolute Gasteiger partial charge is 0.356 e. The third-order valence-corrected chi connectivity index (χ3v) is 5.00. The van der Waals surface area contributed by atoms with Gasteiger partial charge in [0.1, 0.15) is 30.1 Å². The number of fused-ring (bicyclic) bond motifs is 3. The molecule has 2 aliphatic rings. The normalized spacial score (nSPS) is 19.3. The van der Waals surface area contributed by atoms with Crippen molar-refractivity contribution in [2.24, 2.45) is 16.6 Å². The first kappa shape index (κ1) is 19.8. The van der Waals surface area contributed by atoms with Gasteiger partial charge in [0, 0.05) is 12.5 Å². The molecule has 10 heteroatoms. The van der Waals surface area contributed by atoms with Crippen LogP contribution in [0.25, 0.3) is 5.69 Å². The minimum absolute atomic E-state index is 0.0466. The summed E-state index contributed by atoms with van der Waals surface area (Å²) in [4.78, 5) is 21.4. The summed E-state index contributed by atoms with van der Waals surface area (Å²) in [5.74, 6) is 6.89. The Bertz CT molecular complexity index is 1060. The highest BCUT2D eigenvalue weighted by molar-refractivity contribution is 5.95. The SMILES string of the molecule is CCOC(=O)/C(N)=C1\Cc2c(C3=N[C@@H](C)CO3)ncn2-c2ccc(OC)cc2N1N. The number of hydrogen-bond donors (Lipinski definition) is 2. The molecule has 2 aliphatic heterocycles. The number of nitrogens with two attached hydrogens (primary N) is 2. The number of esters is 1. The first-order valence-corrected chi connectivity index (χ1v) is 9.60. The van der Waals surface area contributed by atoms with Crippen LogP contribution in [-0.2, 0) is 20.7 Å². The van der Waals surface area contributed by atoms with Crippen LogP contribution < -0.4 is 21.3 Å². The van der Waals surface area contributed by atoms with Gasteiger partial charge in [-0.2, -0.15) is 0 Å². The third kappa shape index (κ3) is 3.24. The van der Waals surface area contributed by atoms with Crippen LogP contribution in [0.5, 0.6) is 5.75 Å². The van der Waals surface area contributed by atoms with Crippen molar-refractivity contribution in [1.82, 2.24) is 9.55 Å². The number of anilines is 1. The fourth-order valence-electron chi connectivity index (χ4n) is 3.50. The zero-order valence-electron chi connectivity index (χ0n) is 17.1. The van der Waals surface area contributed by atoms with E-state index in [0.29, 0.717) is 35.3 Å². The number of allylic oxidation sites excluding steroid dienone is 1. The topological polar surface area (TPSA) is 130 Å². The predicted molar refractivity (Wildman–Crippen MR) is 110 cm³/mol. The highest BCUT2D eigenvalue weighted by Crippen LogP contribution is 2.36. The Morgan fingerprint density at radius 3 is 2.83 bits per heavy atom. The monoisotopic (exact) mass is 412 g/mol. The van der Waals surface area contributed by atoms with Crippen LogP contribution in [0.3, 0.4) is 0 Å². The Morgan fingerprint density at radius 2 is 2.17 bits per heavy atom. The molecule has 1 aromatic carbocycles. The summed E-state index contributed by atoms with van der Waals surface area (Å²) >= 11 is 0. The van der Waals surface area contributed by atoms with Crippen molar-refractivity contribution in [2.45, 2.75) is 26.3 Å². The van der Waals surface area contributed by atoms with Gasteiger partial charge >= 0.3 is 5.97 Å². The standard InChI is InChI=1S/C20H24N6O4/c1-4-29-20(27)17(21)15-8-16-18(19-24-11(2)9-30-19)23-10-25(16)13-6-5-12(28-3)7-14(13)26(15)22/h5-7,10-11H,4,8-9,21-22H2,1-3H3/b17-15-/t11-/m0/s1. The van der Waals surface area contributed by atoms with E-state index >= 15 is 0 Å². The van der Waals surface area contributed by atoms with E-state index in [4.69, 9.17) is 25.8 Å². The zero-order valence-corrected chi connectivity index (χ0v) is 17.1. The third-order valence-electron chi connectivity index (χ3n) is 5.00. The molecule has 1 aromatic heterocycles. The van der Waals surface area contributed by atoms with E-state index in [-0.39, 0.29) is 24.8 Å². The molecule has 0 radical (unpaired) electrons. The number of ether oxygens (including phenoxy) is 3. The maximum absolute atomic E-state index is 12.4. The van der Waals surface area contributed by atoms with Crippen molar-refractivity contribution in [3.63, 3.8) is 0 Å². The van der Waals surface area contributed by atoms with Crippen molar-refractivity contribution >= 4 is 17.6 Å². The summed E-state index contributed by atoms with van der Waals surface area (Å²) < 4.78 is 18.1. The second-order valence-corrected chi connectivity index (χ2v) is 6.99. The van der Waals surface area contributed by atoms with Gasteiger partial charge in [-0.15, -0.1) is 0 Å². The molecule has 0 unspecified atom stereocenters. The quantitative estimate of drug-likeness (QED) is 0.432. The number of carbonyl (C=O) groups excluding carboxylic acids is 1. The number of hydrogen-bond acceptors (Lipinski definition) is 9. The Balaban J connectivity index is 1.93. The predicted octanol–water partition coefficient (Wildman–Crippen LogP) is 1.02. The number of rotatable bonds is 4. The molecule has 0 amide bonds. The van der Waals surface area contributed by atoms with E-state index < -0.39 is 5.97 Å². The number of imidazole rings is 1. The van der Waals surface area contributed by atoms with Crippen molar-refractivity contribution in [1.29, 1.82) is 0 Å². The first-order valence-electron chi connectivity index (χ1n) is 9.60. The second-order valence-electron chi connectivity index (χ2n) is 6.99. The molecular formula is C20H24N6O4. The highest BCUT2D eigenvalue weighted by Gasteiger charge is 2.31. The first-order chi connectivity index (χ1) is 14.4. The summed E-state index contributed by atoms with van der Waals surface area (Å²) in [5.41, 5.74) is 9.19. The number of benzene rings is 1. The van der Waals surface area contributed by atoms with Crippen LogP contribution in [0.15, 0.2) is 40.9 Å². The molecular weight excluding hydrogens is 388 g/mol. The van der Waals surface area contributed by atoms with Gasteiger partial charge in [0.15, 0.2) is 0 Å². The molecule has 0 saturated carbocycles. The average Bonchev–Trinajstić information content (AvgIpc) is 3.33. The molecule has 4 N–H and O–H groups in total. The molecule has 0 spiro atoms. The molecule has 0 bridgehead atoms. The number of hydrazine groups is 1. The Labute approximate surface area is 173 Å². The minimum atomic E-state index is -0.634. The van der Waals surface area contributed by atoms with Crippen molar-refractivity contribution in [2.75, 3.05) is 25.3 Å². The molecule has 0 fully saturated rings. The number of aliphatic imine (C=N–C) groups is 1. The summed E-state index contributed by atoms with van der Waals surface area (Å²) in [6.45, 7) is 4.38. The van der Waals surface area contributed by atoms with Crippen LogP contribution in [0, 0.1) is 0 Å². The number of carbonyl (C=O) groups is 1. The van der Waals surface area contributed by atoms with Gasteiger partial charge in [-0.3, -0.25) is 9.58 Å². The van der Waals surface area contributed by atoms with Gasteiger partial charge in [0.05, 0.1) is 42.5 Å². The fourth-order valence-corrected chi connectivity index (χ4v) is 3.50.